The Balaban J connectivity index is 2.09. The highest BCUT2D eigenvalue weighted by atomic mass is 16.7. The van der Waals surface area contributed by atoms with Crippen LogP contribution >= 0.6 is 0 Å². The second-order valence-corrected chi connectivity index (χ2v) is 4.19. The van der Waals surface area contributed by atoms with Crippen LogP contribution in [0.2, 0.25) is 0 Å². The van der Waals surface area contributed by atoms with Crippen LogP contribution in [-0.4, -0.2) is 20.2 Å². The molecule has 0 saturated carbocycles. The topological polar surface area (TPSA) is 30.5 Å². The molecule has 2 atom stereocenters. The quantitative estimate of drug-likeness (QED) is 0.754. The van der Waals surface area contributed by atoms with Gasteiger partial charge in [0.1, 0.15) is 5.60 Å². The first-order valence-corrected chi connectivity index (χ1v) is 5.36. The Bertz CT molecular complexity index is 372. The molecule has 1 aromatic rings. The van der Waals surface area contributed by atoms with Crippen LogP contribution in [0, 0.1) is 0 Å². The third-order valence-electron chi connectivity index (χ3n) is 3.37. The molecule has 2 aliphatic heterocycles. The molecule has 15 heavy (non-hydrogen) atoms. The number of nitrogens with one attached hydrogen (secondary N) is 1. The minimum absolute atomic E-state index is 0.142. The monoisotopic (exact) mass is 205 g/mol. The average molecular weight is 205 g/mol. The highest BCUT2D eigenvalue weighted by molar-refractivity contribution is 5.38. The Labute approximate surface area is 89.4 Å². The lowest BCUT2D eigenvalue weighted by Crippen LogP contribution is -2.28. The van der Waals surface area contributed by atoms with Crippen LogP contribution in [0.25, 0.3) is 0 Å². The van der Waals surface area contributed by atoms with Gasteiger partial charge in [0.05, 0.1) is 0 Å². The van der Waals surface area contributed by atoms with Gasteiger partial charge in [0, 0.05) is 19.2 Å². The molecule has 0 amide bonds. The van der Waals surface area contributed by atoms with E-state index >= 15 is 0 Å². The molecule has 3 rings (SSSR count). The first-order chi connectivity index (χ1) is 7.36. The van der Waals surface area contributed by atoms with Crippen molar-refractivity contribution in [2.45, 2.75) is 18.3 Å². The van der Waals surface area contributed by atoms with Gasteiger partial charge < -0.3 is 14.8 Å². The van der Waals surface area contributed by atoms with Gasteiger partial charge in [0.15, 0.2) is 6.29 Å². The van der Waals surface area contributed by atoms with E-state index in [1.54, 1.807) is 7.11 Å². The number of fused-ring (bicyclic) bond motifs is 2. The van der Waals surface area contributed by atoms with E-state index in [1.165, 1.54) is 11.1 Å². The van der Waals surface area contributed by atoms with E-state index in [9.17, 15) is 0 Å². The Morgan fingerprint density at radius 1 is 1.47 bits per heavy atom. The Kier molecular flexibility index (Phi) is 2.06. The smallest absolute Gasteiger partial charge is 0.184 e. The van der Waals surface area contributed by atoms with Crippen molar-refractivity contribution in [3.8, 4) is 0 Å². The van der Waals surface area contributed by atoms with Crippen LogP contribution in [0.15, 0.2) is 24.3 Å². The molecule has 0 unspecified atom stereocenters. The molecule has 1 N–H and O–H groups in total. The maximum Gasteiger partial charge on any atom is 0.184 e. The summed E-state index contributed by atoms with van der Waals surface area (Å²) in [4.78, 5) is 0. The van der Waals surface area contributed by atoms with Gasteiger partial charge in [0.25, 0.3) is 0 Å². The van der Waals surface area contributed by atoms with Crippen LogP contribution in [0.5, 0.6) is 0 Å². The molecule has 2 heterocycles. The molecule has 1 fully saturated rings. The summed E-state index contributed by atoms with van der Waals surface area (Å²) in [6.45, 7) is 1.91. The fourth-order valence-electron chi connectivity index (χ4n) is 2.62. The third kappa shape index (κ3) is 1.24. The van der Waals surface area contributed by atoms with Gasteiger partial charge in [0.2, 0.25) is 0 Å². The molecule has 1 saturated heterocycles. The number of methoxy groups -OCH3 is 1. The largest absolute Gasteiger partial charge is 0.352 e. The van der Waals surface area contributed by atoms with Crippen molar-refractivity contribution < 1.29 is 9.47 Å². The molecule has 1 aromatic carbocycles. The molecule has 0 aromatic heterocycles. The van der Waals surface area contributed by atoms with Gasteiger partial charge >= 0.3 is 0 Å². The van der Waals surface area contributed by atoms with Crippen LogP contribution in [0.1, 0.15) is 23.8 Å². The minimum Gasteiger partial charge on any atom is -0.352 e. The van der Waals surface area contributed by atoms with Crippen molar-refractivity contribution in [1.29, 1.82) is 0 Å². The first kappa shape index (κ1) is 9.33. The van der Waals surface area contributed by atoms with Crippen LogP contribution in [0.3, 0.4) is 0 Å². The number of ether oxygens (including phenoxy) is 2. The Morgan fingerprint density at radius 3 is 3.07 bits per heavy atom. The van der Waals surface area contributed by atoms with Crippen LogP contribution in [-0.2, 0) is 15.1 Å². The van der Waals surface area contributed by atoms with E-state index in [0.717, 1.165) is 19.5 Å². The van der Waals surface area contributed by atoms with Crippen molar-refractivity contribution in [2.24, 2.45) is 0 Å². The predicted molar refractivity (Wildman–Crippen MR) is 56.4 cm³/mol. The zero-order chi connectivity index (χ0) is 10.3. The maximum absolute atomic E-state index is 6.04. The third-order valence-corrected chi connectivity index (χ3v) is 3.37. The van der Waals surface area contributed by atoms with E-state index < -0.39 is 0 Å². The molecule has 3 heteroatoms. The van der Waals surface area contributed by atoms with E-state index in [4.69, 9.17) is 9.47 Å². The summed E-state index contributed by atoms with van der Waals surface area (Å²) in [5, 5.41) is 3.36. The van der Waals surface area contributed by atoms with E-state index in [1.807, 2.05) is 6.07 Å². The summed E-state index contributed by atoms with van der Waals surface area (Å²) in [6, 6.07) is 8.36. The molecule has 3 nitrogen and oxygen atoms in total. The molecular weight excluding hydrogens is 190 g/mol. The molecule has 0 aliphatic carbocycles. The molecule has 2 aliphatic rings. The van der Waals surface area contributed by atoms with Crippen molar-refractivity contribution in [2.75, 3.05) is 20.2 Å². The molecule has 0 radical (unpaired) electrons. The molecule has 0 bridgehead atoms. The van der Waals surface area contributed by atoms with Gasteiger partial charge in [-0.2, -0.15) is 0 Å². The number of benzene rings is 1. The second kappa shape index (κ2) is 3.30. The first-order valence-electron chi connectivity index (χ1n) is 5.36. The van der Waals surface area contributed by atoms with E-state index in [2.05, 4.69) is 23.5 Å². The molecular formula is C12H15NO2. The summed E-state index contributed by atoms with van der Waals surface area (Å²) in [5.41, 5.74) is 2.34. The van der Waals surface area contributed by atoms with Gasteiger partial charge in [-0.3, -0.25) is 0 Å². The molecule has 80 valence electrons. The lowest BCUT2D eigenvalue weighted by Gasteiger charge is -2.23. The van der Waals surface area contributed by atoms with Gasteiger partial charge in [-0.15, -0.1) is 0 Å². The van der Waals surface area contributed by atoms with Crippen molar-refractivity contribution in [1.82, 2.24) is 5.32 Å². The standard InChI is InChI=1S/C12H15NO2/c1-14-11-9-4-2-3-5-10(9)12(15-11)6-7-13-8-12/h2-5,11,13H,6-8H2,1H3/t11-,12+/m0/s1. The lowest BCUT2D eigenvalue weighted by molar-refractivity contribution is -0.180. The fraction of sp³-hybridized carbons (Fsp3) is 0.500. The number of hydrogen-bond acceptors (Lipinski definition) is 3. The Morgan fingerprint density at radius 2 is 2.33 bits per heavy atom. The fourth-order valence-corrected chi connectivity index (χ4v) is 2.62. The summed E-state index contributed by atoms with van der Waals surface area (Å²) in [6.07, 6.45) is 0.838. The summed E-state index contributed by atoms with van der Waals surface area (Å²) < 4.78 is 11.4. The van der Waals surface area contributed by atoms with Crippen molar-refractivity contribution >= 4 is 0 Å². The van der Waals surface area contributed by atoms with Gasteiger partial charge in [-0.1, -0.05) is 24.3 Å². The Hall–Kier alpha value is -0.900. The highest BCUT2D eigenvalue weighted by Crippen LogP contribution is 2.46. The normalized spacial score (nSPS) is 33.5. The number of hydrogen-bond donors (Lipinski definition) is 1. The number of rotatable bonds is 1. The predicted octanol–water partition coefficient (Wildman–Crippen LogP) is 1.55. The SMILES string of the molecule is CO[C@H]1O[C@@]2(CCNC2)c2ccccc21. The van der Waals surface area contributed by atoms with Crippen molar-refractivity contribution in [3.63, 3.8) is 0 Å². The van der Waals surface area contributed by atoms with Crippen molar-refractivity contribution in [3.05, 3.63) is 35.4 Å². The van der Waals surface area contributed by atoms with E-state index in [-0.39, 0.29) is 11.9 Å². The zero-order valence-electron chi connectivity index (χ0n) is 8.82. The van der Waals surface area contributed by atoms with Crippen LogP contribution in [0.4, 0.5) is 0 Å². The lowest BCUT2D eigenvalue weighted by atomic mass is 9.91. The van der Waals surface area contributed by atoms with E-state index in [0.29, 0.717) is 0 Å². The zero-order valence-corrected chi connectivity index (χ0v) is 8.82. The summed E-state index contributed by atoms with van der Waals surface area (Å²) in [5.74, 6) is 0. The maximum atomic E-state index is 6.04. The minimum atomic E-state index is -0.193. The van der Waals surface area contributed by atoms with Gasteiger partial charge in [-0.05, 0) is 18.5 Å². The second-order valence-electron chi connectivity index (χ2n) is 4.19. The van der Waals surface area contributed by atoms with Crippen LogP contribution < -0.4 is 5.32 Å². The average Bonchev–Trinajstić information content (AvgIpc) is 2.87. The molecule has 1 spiro atoms. The highest BCUT2D eigenvalue weighted by Gasteiger charge is 2.46. The summed E-state index contributed by atoms with van der Waals surface area (Å²) in [7, 11) is 1.70. The summed E-state index contributed by atoms with van der Waals surface area (Å²) >= 11 is 0. The van der Waals surface area contributed by atoms with Gasteiger partial charge in [-0.25, -0.2) is 0 Å².